The summed E-state index contributed by atoms with van der Waals surface area (Å²) < 4.78 is 1.13. The Morgan fingerprint density at radius 2 is 2.12 bits per heavy atom. The number of halogens is 2. The molecule has 2 nitrogen and oxygen atoms in total. The Balaban J connectivity index is 2.93. The maximum atomic E-state index is 6.26. The molecular formula is C13H14ClIN2. The third-order valence-corrected chi connectivity index (χ3v) is 3.83. The highest BCUT2D eigenvalue weighted by Crippen LogP contribution is 2.33. The SMILES string of the molecule is CCc1c(C)nc2c(Cl)cc(I)cc2c1NC. The predicted octanol–water partition coefficient (Wildman–Crippen LogP) is 4.41. The lowest BCUT2D eigenvalue weighted by molar-refractivity contribution is 1.07. The van der Waals surface area contributed by atoms with E-state index in [9.17, 15) is 0 Å². The molecule has 0 amide bonds. The standard InChI is InChI=1S/C13H14ClIN2/c1-4-9-7(2)17-13-10(12(9)16-3)5-8(15)6-11(13)14/h5-6H,4H2,1-3H3,(H,16,17). The van der Waals surface area contributed by atoms with Gasteiger partial charge in [-0.2, -0.15) is 0 Å². The summed E-state index contributed by atoms with van der Waals surface area (Å²) in [5.74, 6) is 0. The van der Waals surface area contributed by atoms with Crippen LogP contribution in [0.15, 0.2) is 12.1 Å². The molecule has 2 rings (SSSR count). The van der Waals surface area contributed by atoms with Crippen LogP contribution in [0, 0.1) is 10.5 Å². The van der Waals surface area contributed by atoms with Crippen LogP contribution in [0.4, 0.5) is 5.69 Å². The van der Waals surface area contributed by atoms with Crippen molar-refractivity contribution in [1.82, 2.24) is 4.98 Å². The van der Waals surface area contributed by atoms with Gasteiger partial charge in [-0.1, -0.05) is 18.5 Å². The first-order chi connectivity index (χ1) is 8.08. The van der Waals surface area contributed by atoms with Crippen LogP contribution in [-0.2, 0) is 6.42 Å². The Morgan fingerprint density at radius 1 is 1.41 bits per heavy atom. The fraction of sp³-hybridized carbons (Fsp3) is 0.308. The van der Waals surface area contributed by atoms with Gasteiger partial charge in [0.05, 0.1) is 10.5 Å². The van der Waals surface area contributed by atoms with Gasteiger partial charge in [0.2, 0.25) is 0 Å². The van der Waals surface area contributed by atoms with Crippen LogP contribution in [0.1, 0.15) is 18.2 Å². The molecule has 1 N–H and O–H groups in total. The molecule has 90 valence electrons. The summed E-state index contributed by atoms with van der Waals surface area (Å²) in [6.45, 7) is 4.18. The zero-order chi connectivity index (χ0) is 12.6. The van der Waals surface area contributed by atoms with Crippen molar-refractivity contribution in [1.29, 1.82) is 0 Å². The van der Waals surface area contributed by atoms with Crippen molar-refractivity contribution in [3.05, 3.63) is 32.0 Å². The lowest BCUT2D eigenvalue weighted by Crippen LogP contribution is -2.01. The third-order valence-electron chi connectivity index (χ3n) is 2.92. The van der Waals surface area contributed by atoms with Gasteiger partial charge in [0.25, 0.3) is 0 Å². The predicted molar refractivity (Wildman–Crippen MR) is 83.1 cm³/mol. The second kappa shape index (κ2) is 4.98. The molecule has 0 saturated carbocycles. The molecule has 0 unspecified atom stereocenters. The molecule has 1 aromatic carbocycles. The molecule has 2 aromatic rings. The van der Waals surface area contributed by atoms with Crippen molar-refractivity contribution in [3.8, 4) is 0 Å². The summed E-state index contributed by atoms with van der Waals surface area (Å²) in [5.41, 5.74) is 4.34. The normalized spacial score (nSPS) is 10.9. The number of nitrogens with one attached hydrogen (secondary N) is 1. The lowest BCUT2D eigenvalue weighted by atomic mass is 10.0. The number of fused-ring (bicyclic) bond motifs is 1. The molecule has 4 heteroatoms. The largest absolute Gasteiger partial charge is 0.387 e. The third kappa shape index (κ3) is 2.22. The molecule has 0 fully saturated rings. The van der Waals surface area contributed by atoms with Gasteiger partial charge in [-0.05, 0) is 53.6 Å². The second-order valence-electron chi connectivity index (χ2n) is 3.94. The Kier molecular flexibility index (Phi) is 3.78. The summed E-state index contributed by atoms with van der Waals surface area (Å²) in [5, 5.41) is 5.10. The van der Waals surface area contributed by atoms with E-state index in [-0.39, 0.29) is 0 Å². The van der Waals surface area contributed by atoms with Gasteiger partial charge in [-0.25, -0.2) is 0 Å². The number of aryl methyl sites for hydroxylation is 1. The molecule has 17 heavy (non-hydrogen) atoms. The number of benzene rings is 1. The van der Waals surface area contributed by atoms with Gasteiger partial charge in [0.15, 0.2) is 0 Å². The first-order valence-electron chi connectivity index (χ1n) is 5.54. The molecule has 1 aromatic heterocycles. The highest BCUT2D eigenvalue weighted by molar-refractivity contribution is 14.1. The van der Waals surface area contributed by atoms with Crippen LogP contribution in [-0.4, -0.2) is 12.0 Å². The topological polar surface area (TPSA) is 24.9 Å². The summed E-state index contributed by atoms with van der Waals surface area (Å²) >= 11 is 8.54. The Hall–Kier alpha value is -0.550. The summed E-state index contributed by atoms with van der Waals surface area (Å²) in [4.78, 5) is 4.62. The number of pyridine rings is 1. The minimum atomic E-state index is 0.717. The minimum absolute atomic E-state index is 0.717. The maximum Gasteiger partial charge on any atom is 0.0913 e. The fourth-order valence-corrected chi connectivity index (χ4v) is 3.24. The lowest BCUT2D eigenvalue weighted by Gasteiger charge is -2.14. The Labute approximate surface area is 120 Å². The second-order valence-corrected chi connectivity index (χ2v) is 5.59. The maximum absolute atomic E-state index is 6.26. The van der Waals surface area contributed by atoms with E-state index in [1.54, 1.807) is 0 Å². The highest BCUT2D eigenvalue weighted by atomic mass is 127. The van der Waals surface area contributed by atoms with Gasteiger partial charge in [-0.3, -0.25) is 4.98 Å². The van der Waals surface area contributed by atoms with Crippen LogP contribution in [0.3, 0.4) is 0 Å². The van der Waals surface area contributed by atoms with Crippen molar-refractivity contribution in [3.63, 3.8) is 0 Å². The number of hydrogen-bond donors (Lipinski definition) is 1. The van der Waals surface area contributed by atoms with E-state index in [2.05, 4.69) is 45.9 Å². The molecule has 0 saturated heterocycles. The van der Waals surface area contributed by atoms with Gasteiger partial charge in [0, 0.05) is 27.4 Å². The van der Waals surface area contributed by atoms with Gasteiger partial charge >= 0.3 is 0 Å². The molecule has 0 atom stereocenters. The van der Waals surface area contributed by atoms with Crippen LogP contribution >= 0.6 is 34.2 Å². The number of rotatable bonds is 2. The van der Waals surface area contributed by atoms with E-state index >= 15 is 0 Å². The monoisotopic (exact) mass is 360 g/mol. The Bertz CT molecular complexity index is 581. The average Bonchev–Trinajstić information content (AvgIpc) is 2.28. The van der Waals surface area contributed by atoms with Gasteiger partial charge in [-0.15, -0.1) is 0 Å². The zero-order valence-electron chi connectivity index (χ0n) is 10.1. The van der Waals surface area contributed by atoms with Crippen LogP contribution in [0.5, 0.6) is 0 Å². The van der Waals surface area contributed by atoms with Crippen molar-refractivity contribution in [2.24, 2.45) is 0 Å². The van der Waals surface area contributed by atoms with Crippen molar-refractivity contribution >= 4 is 50.8 Å². The summed E-state index contributed by atoms with van der Waals surface area (Å²) in [6, 6.07) is 4.07. The smallest absolute Gasteiger partial charge is 0.0913 e. The quantitative estimate of drug-likeness (QED) is 0.803. The van der Waals surface area contributed by atoms with E-state index in [4.69, 9.17) is 11.6 Å². The van der Waals surface area contributed by atoms with E-state index in [0.29, 0.717) is 5.02 Å². The minimum Gasteiger partial charge on any atom is -0.387 e. The van der Waals surface area contributed by atoms with E-state index in [0.717, 1.165) is 32.3 Å². The van der Waals surface area contributed by atoms with Gasteiger partial charge < -0.3 is 5.32 Å². The highest BCUT2D eigenvalue weighted by Gasteiger charge is 2.13. The van der Waals surface area contributed by atoms with Crippen LogP contribution in [0.2, 0.25) is 5.02 Å². The number of hydrogen-bond acceptors (Lipinski definition) is 2. The summed E-state index contributed by atoms with van der Waals surface area (Å²) in [6.07, 6.45) is 0.966. The molecule has 0 spiro atoms. The summed E-state index contributed by atoms with van der Waals surface area (Å²) in [7, 11) is 1.95. The van der Waals surface area contributed by atoms with E-state index in [1.165, 1.54) is 5.56 Å². The van der Waals surface area contributed by atoms with E-state index in [1.807, 2.05) is 20.0 Å². The number of nitrogens with zero attached hydrogens (tertiary/aromatic N) is 1. The molecule has 0 radical (unpaired) electrons. The zero-order valence-corrected chi connectivity index (χ0v) is 13.0. The van der Waals surface area contributed by atoms with Crippen molar-refractivity contribution in [2.75, 3.05) is 12.4 Å². The molecule has 0 aliphatic carbocycles. The first-order valence-corrected chi connectivity index (χ1v) is 7.00. The number of aromatic nitrogens is 1. The molecule has 0 aliphatic heterocycles. The molecular weight excluding hydrogens is 347 g/mol. The van der Waals surface area contributed by atoms with Crippen LogP contribution in [0.25, 0.3) is 10.9 Å². The van der Waals surface area contributed by atoms with E-state index < -0.39 is 0 Å². The first kappa shape index (κ1) is 12.9. The van der Waals surface area contributed by atoms with Crippen molar-refractivity contribution < 1.29 is 0 Å². The molecule has 0 aliphatic rings. The van der Waals surface area contributed by atoms with Crippen LogP contribution < -0.4 is 5.32 Å². The molecule has 1 heterocycles. The fourth-order valence-electron chi connectivity index (χ4n) is 2.17. The van der Waals surface area contributed by atoms with Gasteiger partial charge in [0.1, 0.15) is 0 Å². The molecule has 0 bridgehead atoms. The number of anilines is 1. The Morgan fingerprint density at radius 3 is 2.71 bits per heavy atom. The average molecular weight is 361 g/mol. The van der Waals surface area contributed by atoms with Crippen molar-refractivity contribution in [2.45, 2.75) is 20.3 Å².